The summed E-state index contributed by atoms with van der Waals surface area (Å²) >= 11 is 5.98. The molecule has 0 fully saturated rings. The highest BCUT2D eigenvalue weighted by molar-refractivity contribution is 6.30. The molecule has 1 aromatic heterocycles. The number of methoxy groups -OCH3 is 1. The van der Waals surface area contributed by atoms with Gasteiger partial charge in [0.15, 0.2) is 0 Å². The molecule has 4 aromatic rings. The number of aromatic nitrogens is 2. The molecule has 1 N–H and O–H groups in total. The lowest BCUT2D eigenvalue weighted by molar-refractivity contribution is 0.0953. The summed E-state index contributed by atoms with van der Waals surface area (Å²) in [5.41, 5.74) is 2.82. The number of hydrogen-bond acceptors (Lipinski definition) is 4. The smallest absolute Gasteiger partial charge is 0.251 e. The normalized spacial score (nSPS) is 11.0. The molecule has 0 saturated carbocycles. The highest BCUT2D eigenvalue weighted by Crippen LogP contribution is 2.20. The van der Waals surface area contributed by atoms with Crippen LogP contribution in [0.1, 0.15) is 48.3 Å². The van der Waals surface area contributed by atoms with E-state index >= 15 is 0 Å². The molecule has 4 rings (SSSR count). The van der Waals surface area contributed by atoms with Gasteiger partial charge in [-0.05, 0) is 80.3 Å². The number of unbranched alkanes of at least 4 members (excludes halogenated alkanes) is 3. The van der Waals surface area contributed by atoms with Gasteiger partial charge in [0.1, 0.15) is 17.3 Å². The van der Waals surface area contributed by atoms with Gasteiger partial charge in [-0.25, -0.2) is 4.98 Å². The van der Waals surface area contributed by atoms with Crippen molar-refractivity contribution in [1.29, 1.82) is 0 Å². The van der Waals surface area contributed by atoms with Crippen LogP contribution in [-0.2, 0) is 13.0 Å². The summed E-state index contributed by atoms with van der Waals surface area (Å²) in [6.45, 7) is 2.24. The average molecular weight is 520 g/mol. The maximum Gasteiger partial charge on any atom is 0.251 e. The highest BCUT2D eigenvalue weighted by atomic mass is 35.5. The van der Waals surface area contributed by atoms with Crippen LogP contribution in [0.3, 0.4) is 0 Å². The summed E-state index contributed by atoms with van der Waals surface area (Å²) in [6.07, 6.45) is 5.86. The monoisotopic (exact) mass is 519 g/mol. The van der Waals surface area contributed by atoms with Crippen molar-refractivity contribution in [3.05, 3.63) is 89.2 Å². The third-order valence-corrected chi connectivity index (χ3v) is 6.52. The number of nitrogens with zero attached hydrogens (tertiary/aromatic N) is 2. The zero-order valence-electron chi connectivity index (χ0n) is 21.3. The minimum atomic E-state index is -0.0831. The van der Waals surface area contributed by atoms with E-state index < -0.39 is 0 Å². The first-order valence-corrected chi connectivity index (χ1v) is 13.3. The predicted octanol–water partition coefficient (Wildman–Crippen LogP) is 6.70. The van der Waals surface area contributed by atoms with Gasteiger partial charge in [0.2, 0.25) is 0 Å². The van der Waals surface area contributed by atoms with Gasteiger partial charge in [-0.15, -0.1) is 0 Å². The summed E-state index contributed by atoms with van der Waals surface area (Å²) in [5.74, 6) is 2.73. The largest absolute Gasteiger partial charge is 0.497 e. The molecule has 0 saturated heterocycles. The molecule has 0 unspecified atom stereocenters. The molecule has 37 heavy (non-hydrogen) atoms. The number of fused-ring (bicyclic) bond motifs is 1. The van der Waals surface area contributed by atoms with Crippen molar-refractivity contribution < 1.29 is 14.3 Å². The van der Waals surface area contributed by atoms with Crippen LogP contribution in [0.4, 0.5) is 0 Å². The quantitative estimate of drug-likeness (QED) is 0.188. The van der Waals surface area contributed by atoms with Gasteiger partial charge >= 0.3 is 0 Å². The van der Waals surface area contributed by atoms with E-state index in [0.717, 1.165) is 67.9 Å². The number of aryl methyl sites for hydroxylation is 2. The Balaban J connectivity index is 1.21. The minimum Gasteiger partial charge on any atom is -0.497 e. The van der Waals surface area contributed by atoms with Crippen molar-refractivity contribution in [1.82, 2.24) is 14.9 Å². The number of rotatable bonds is 14. The molecule has 0 aliphatic carbocycles. The second-order valence-electron chi connectivity index (χ2n) is 8.98. The van der Waals surface area contributed by atoms with Crippen LogP contribution in [0.5, 0.6) is 11.5 Å². The van der Waals surface area contributed by atoms with Crippen LogP contribution in [0, 0.1) is 0 Å². The standard InChI is InChI=1S/C30H34ClN3O3/c1-36-25-15-17-26(18-16-25)37-21-8-7-20-34-28-13-5-4-12-27(28)33-29(34)14-3-2-6-19-32-30(35)23-10-9-11-24(31)22-23/h4-5,9-13,15-18,22H,2-3,6-8,14,19-21H2,1H3,(H,32,35). The Hall–Kier alpha value is -3.51. The van der Waals surface area contributed by atoms with Crippen LogP contribution in [-0.4, -0.2) is 35.7 Å². The van der Waals surface area contributed by atoms with E-state index in [1.54, 1.807) is 31.4 Å². The molecule has 1 heterocycles. The molecule has 3 aromatic carbocycles. The second kappa shape index (κ2) is 13.7. The Morgan fingerprint density at radius 2 is 1.73 bits per heavy atom. The average Bonchev–Trinajstić information content (AvgIpc) is 3.28. The fraction of sp³-hybridized carbons (Fsp3) is 0.333. The molecule has 0 aliphatic rings. The Morgan fingerprint density at radius 1 is 0.919 bits per heavy atom. The third-order valence-electron chi connectivity index (χ3n) is 6.29. The lowest BCUT2D eigenvalue weighted by Crippen LogP contribution is -2.24. The number of para-hydroxylation sites is 2. The van der Waals surface area contributed by atoms with Crippen LogP contribution in [0.2, 0.25) is 5.02 Å². The molecular formula is C30H34ClN3O3. The number of carbonyl (C=O) groups is 1. The highest BCUT2D eigenvalue weighted by Gasteiger charge is 2.10. The predicted molar refractivity (Wildman–Crippen MR) is 149 cm³/mol. The first-order chi connectivity index (χ1) is 18.1. The minimum absolute atomic E-state index is 0.0831. The van der Waals surface area contributed by atoms with Crippen LogP contribution < -0.4 is 14.8 Å². The number of ether oxygens (including phenoxy) is 2. The Morgan fingerprint density at radius 3 is 2.54 bits per heavy atom. The first kappa shape index (κ1) is 26.6. The Kier molecular flexibility index (Phi) is 9.83. The summed E-state index contributed by atoms with van der Waals surface area (Å²) in [6, 6.07) is 23.0. The SMILES string of the molecule is COc1ccc(OCCCCn2c(CCCCCNC(=O)c3cccc(Cl)c3)nc3ccccc32)cc1. The van der Waals surface area contributed by atoms with E-state index in [2.05, 4.69) is 28.1 Å². The van der Waals surface area contributed by atoms with Crippen LogP contribution in [0.15, 0.2) is 72.8 Å². The number of imidazole rings is 1. The number of amides is 1. The summed E-state index contributed by atoms with van der Waals surface area (Å²) in [4.78, 5) is 17.2. The van der Waals surface area contributed by atoms with Gasteiger partial charge in [0.05, 0.1) is 24.8 Å². The zero-order chi connectivity index (χ0) is 25.9. The fourth-order valence-electron chi connectivity index (χ4n) is 4.32. The zero-order valence-corrected chi connectivity index (χ0v) is 22.0. The summed E-state index contributed by atoms with van der Waals surface area (Å²) in [7, 11) is 1.66. The Bertz CT molecular complexity index is 1290. The maximum absolute atomic E-state index is 12.3. The van der Waals surface area contributed by atoms with Crippen LogP contribution in [0.25, 0.3) is 11.0 Å². The van der Waals surface area contributed by atoms with Crippen molar-refractivity contribution in [2.24, 2.45) is 0 Å². The first-order valence-electron chi connectivity index (χ1n) is 12.9. The van der Waals surface area contributed by atoms with E-state index in [-0.39, 0.29) is 5.91 Å². The maximum atomic E-state index is 12.3. The van der Waals surface area contributed by atoms with E-state index in [1.807, 2.05) is 30.3 Å². The van der Waals surface area contributed by atoms with E-state index in [0.29, 0.717) is 23.7 Å². The molecule has 0 aliphatic heterocycles. The van der Waals surface area contributed by atoms with Gasteiger partial charge in [0.25, 0.3) is 5.91 Å². The van der Waals surface area contributed by atoms with Gasteiger partial charge in [0, 0.05) is 30.1 Å². The molecule has 0 radical (unpaired) electrons. The number of nitrogens with one attached hydrogen (secondary N) is 1. The van der Waals surface area contributed by atoms with Crippen molar-refractivity contribution in [2.75, 3.05) is 20.3 Å². The summed E-state index contributed by atoms with van der Waals surface area (Å²) in [5, 5.41) is 3.55. The van der Waals surface area contributed by atoms with Crippen molar-refractivity contribution in [3.63, 3.8) is 0 Å². The number of hydrogen-bond donors (Lipinski definition) is 1. The van der Waals surface area contributed by atoms with E-state index in [1.165, 1.54) is 5.52 Å². The van der Waals surface area contributed by atoms with Crippen molar-refractivity contribution in [2.45, 2.75) is 45.1 Å². The molecule has 0 atom stereocenters. The molecule has 0 spiro atoms. The molecule has 1 amide bonds. The van der Waals surface area contributed by atoms with E-state index in [4.69, 9.17) is 26.1 Å². The number of benzene rings is 3. The second-order valence-corrected chi connectivity index (χ2v) is 9.41. The molecular weight excluding hydrogens is 486 g/mol. The number of halogens is 1. The molecule has 194 valence electrons. The van der Waals surface area contributed by atoms with Crippen molar-refractivity contribution in [3.8, 4) is 11.5 Å². The topological polar surface area (TPSA) is 65.4 Å². The van der Waals surface area contributed by atoms with Gasteiger partial charge < -0.3 is 19.4 Å². The third kappa shape index (κ3) is 7.73. The lowest BCUT2D eigenvalue weighted by Gasteiger charge is -2.11. The van der Waals surface area contributed by atoms with Crippen LogP contribution >= 0.6 is 11.6 Å². The van der Waals surface area contributed by atoms with Gasteiger partial charge in [-0.2, -0.15) is 0 Å². The number of carbonyl (C=O) groups excluding carboxylic acids is 1. The molecule has 0 bridgehead atoms. The molecule has 7 heteroatoms. The van der Waals surface area contributed by atoms with Gasteiger partial charge in [-0.1, -0.05) is 36.2 Å². The Labute approximate surface area is 223 Å². The molecule has 6 nitrogen and oxygen atoms in total. The van der Waals surface area contributed by atoms with Crippen molar-refractivity contribution >= 4 is 28.5 Å². The summed E-state index contributed by atoms with van der Waals surface area (Å²) < 4.78 is 13.4. The fourth-order valence-corrected chi connectivity index (χ4v) is 4.51. The van der Waals surface area contributed by atoms with E-state index in [9.17, 15) is 4.79 Å². The van der Waals surface area contributed by atoms with Gasteiger partial charge in [-0.3, -0.25) is 4.79 Å². The lowest BCUT2D eigenvalue weighted by atomic mass is 10.1.